The molecule has 0 spiro atoms. The van der Waals surface area contributed by atoms with Crippen molar-refractivity contribution in [2.24, 2.45) is 0 Å². The van der Waals surface area contributed by atoms with Crippen LogP contribution in [-0.2, 0) is 4.79 Å². The number of hydrogen-bond donors (Lipinski definition) is 1. The van der Waals surface area contributed by atoms with E-state index in [0.29, 0.717) is 18.7 Å². The minimum absolute atomic E-state index is 0.0399. The number of nitrogens with zero attached hydrogens (tertiary/aromatic N) is 3. The van der Waals surface area contributed by atoms with Crippen molar-refractivity contribution in [1.29, 1.82) is 0 Å². The molecule has 6 heteroatoms. The number of anilines is 1. The van der Waals surface area contributed by atoms with Gasteiger partial charge in [0, 0.05) is 41.8 Å². The van der Waals surface area contributed by atoms with Crippen LogP contribution in [-0.4, -0.2) is 39.8 Å². The van der Waals surface area contributed by atoms with Crippen LogP contribution in [0.4, 0.5) is 5.69 Å². The van der Waals surface area contributed by atoms with Gasteiger partial charge < -0.3 is 10.2 Å². The molecule has 2 heterocycles. The number of hydrogen-bond acceptors (Lipinski definition) is 4. The third kappa shape index (κ3) is 4.30. The number of fused-ring (bicyclic) bond motifs is 1. The molecular weight excluding hydrogens is 424 g/mol. The molecule has 1 aromatic heterocycles. The van der Waals surface area contributed by atoms with Gasteiger partial charge in [-0.05, 0) is 65.6 Å². The van der Waals surface area contributed by atoms with Gasteiger partial charge >= 0.3 is 0 Å². The quantitative estimate of drug-likeness (QED) is 0.434. The number of likely N-dealkylation sites (tertiary alicyclic amines) is 1. The molecule has 1 aliphatic rings. The van der Waals surface area contributed by atoms with Gasteiger partial charge in [0.05, 0.1) is 5.52 Å². The van der Waals surface area contributed by atoms with Crippen molar-refractivity contribution in [2.75, 3.05) is 18.4 Å². The predicted octanol–water partition coefficient (Wildman–Crippen LogP) is 5.05. The first-order chi connectivity index (χ1) is 16.6. The summed E-state index contributed by atoms with van der Waals surface area (Å²) in [5.41, 5.74) is 5.40. The highest BCUT2D eigenvalue weighted by atomic mass is 16.2. The van der Waals surface area contributed by atoms with E-state index < -0.39 is 0 Å². The fourth-order valence-electron chi connectivity index (χ4n) is 4.49. The molecule has 1 saturated heterocycles. The minimum atomic E-state index is -0.150. The molecule has 0 saturated carbocycles. The molecule has 0 bridgehead atoms. The van der Waals surface area contributed by atoms with Gasteiger partial charge in [0.25, 0.3) is 5.91 Å². The SMILES string of the molecule is C=CC(=O)N1CCC(c2cc(-c3ccc(C(=O)Nc4ccccc4)cc3)cc3cncnc23)C1. The Morgan fingerprint density at radius 3 is 2.59 bits per heavy atom. The van der Waals surface area contributed by atoms with Gasteiger partial charge in [0.1, 0.15) is 6.33 Å². The zero-order valence-corrected chi connectivity index (χ0v) is 18.6. The van der Waals surface area contributed by atoms with E-state index in [2.05, 4.69) is 34.0 Å². The number of aromatic nitrogens is 2. The summed E-state index contributed by atoms with van der Waals surface area (Å²) >= 11 is 0. The number of para-hydroxylation sites is 1. The number of carbonyl (C=O) groups excluding carboxylic acids is 2. The molecule has 1 unspecified atom stereocenters. The van der Waals surface area contributed by atoms with E-state index in [1.54, 1.807) is 6.33 Å². The average Bonchev–Trinajstić information content (AvgIpc) is 3.38. The maximum absolute atomic E-state index is 12.6. The lowest BCUT2D eigenvalue weighted by Gasteiger charge is -2.17. The summed E-state index contributed by atoms with van der Waals surface area (Å²) in [6.45, 7) is 4.96. The minimum Gasteiger partial charge on any atom is -0.339 e. The zero-order valence-electron chi connectivity index (χ0n) is 18.6. The number of carbonyl (C=O) groups is 2. The summed E-state index contributed by atoms with van der Waals surface area (Å²) in [5.74, 6) is 0.00223. The second-order valence-corrected chi connectivity index (χ2v) is 8.40. The third-order valence-electron chi connectivity index (χ3n) is 6.26. The van der Waals surface area contributed by atoms with E-state index in [1.807, 2.05) is 65.7 Å². The molecule has 0 radical (unpaired) electrons. The first-order valence-corrected chi connectivity index (χ1v) is 11.2. The van der Waals surface area contributed by atoms with Gasteiger partial charge in [-0.15, -0.1) is 0 Å². The Kier molecular flexibility index (Phi) is 5.87. The van der Waals surface area contributed by atoms with Crippen molar-refractivity contribution in [1.82, 2.24) is 14.9 Å². The lowest BCUT2D eigenvalue weighted by Crippen LogP contribution is -2.26. The fourth-order valence-corrected chi connectivity index (χ4v) is 4.49. The van der Waals surface area contributed by atoms with Crippen LogP contribution in [0.25, 0.3) is 22.0 Å². The Labute approximate surface area is 198 Å². The van der Waals surface area contributed by atoms with Crippen molar-refractivity contribution < 1.29 is 9.59 Å². The molecule has 3 aromatic carbocycles. The third-order valence-corrected chi connectivity index (χ3v) is 6.26. The van der Waals surface area contributed by atoms with Crippen LogP contribution >= 0.6 is 0 Å². The van der Waals surface area contributed by atoms with E-state index in [-0.39, 0.29) is 17.7 Å². The van der Waals surface area contributed by atoms with Crippen molar-refractivity contribution in [3.05, 3.63) is 103 Å². The maximum atomic E-state index is 12.6. The van der Waals surface area contributed by atoms with E-state index in [0.717, 1.165) is 39.7 Å². The number of benzene rings is 3. The Hall–Kier alpha value is -4.32. The highest BCUT2D eigenvalue weighted by molar-refractivity contribution is 6.04. The lowest BCUT2D eigenvalue weighted by molar-refractivity contribution is -0.125. The van der Waals surface area contributed by atoms with E-state index in [1.165, 1.54) is 6.08 Å². The first kappa shape index (κ1) is 21.5. The maximum Gasteiger partial charge on any atom is 0.255 e. The molecule has 2 amide bonds. The Balaban J connectivity index is 1.44. The van der Waals surface area contributed by atoms with Crippen molar-refractivity contribution in [2.45, 2.75) is 12.3 Å². The Bertz CT molecular complexity index is 1370. The summed E-state index contributed by atoms with van der Waals surface area (Å²) in [6, 6.07) is 21.2. The second kappa shape index (κ2) is 9.27. The van der Waals surface area contributed by atoms with Crippen LogP contribution in [0.3, 0.4) is 0 Å². The predicted molar refractivity (Wildman–Crippen MR) is 134 cm³/mol. The number of rotatable bonds is 5. The molecule has 0 aliphatic carbocycles. The molecule has 34 heavy (non-hydrogen) atoms. The average molecular weight is 449 g/mol. The molecule has 168 valence electrons. The summed E-state index contributed by atoms with van der Waals surface area (Å²) in [5, 5.41) is 3.86. The molecule has 1 N–H and O–H groups in total. The first-order valence-electron chi connectivity index (χ1n) is 11.2. The lowest BCUT2D eigenvalue weighted by atomic mass is 9.91. The van der Waals surface area contributed by atoms with Gasteiger partial charge in [0.15, 0.2) is 0 Å². The van der Waals surface area contributed by atoms with Gasteiger partial charge in [-0.25, -0.2) is 9.97 Å². The largest absolute Gasteiger partial charge is 0.339 e. The van der Waals surface area contributed by atoms with Crippen LogP contribution < -0.4 is 5.32 Å². The highest BCUT2D eigenvalue weighted by Gasteiger charge is 2.28. The summed E-state index contributed by atoms with van der Waals surface area (Å²) in [4.78, 5) is 35.3. The van der Waals surface area contributed by atoms with Gasteiger partial charge in [-0.1, -0.05) is 36.9 Å². The van der Waals surface area contributed by atoms with Crippen LogP contribution in [0.15, 0.2) is 91.9 Å². The monoisotopic (exact) mass is 448 g/mol. The number of nitrogens with one attached hydrogen (secondary N) is 1. The summed E-state index contributed by atoms with van der Waals surface area (Å²) in [6.07, 6.45) is 5.63. The van der Waals surface area contributed by atoms with E-state index in [9.17, 15) is 9.59 Å². The molecular formula is C28H24N4O2. The molecule has 5 rings (SSSR count). The van der Waals surface area contributed by atoms with Crippen molar-refractivity contribution >= 4 is 28.4 Å². The molecule has 1 fully saturated rings. The van der Waals surface area contributed by atoms with Gasteiger partial charge in [-0.3, -0.25) is 9.59 Å². The summed E-state index contributed by atoms with van der Waals surface area (Å²) < 4.78 is 0. The van der Waals surface area contributed by atoms with Crippen LogP contribution in [0.2, 0.25) is 0 Å². The zero-order chi connectivity index (χ0) is 23.5. The summed E-state index contributed by atoms with van der Waals surface area (Å²) in [7, 11) is 0. The smallest absolute Gasteiger partial charge is 0.255 e. The highest BCUT2D eigenvalue weighted by Crippen LogP contribution is 2.35. The topological polar surface area (TPSA) is 75.2 Å². The number of amides is 2. The molecule has 1 aliphatic heterocycles. The van der Waals surface area contributed by atoms with E-state index in [4.69, 9.17) is 0 Å². The normalized spacial score (nSPS) is 15.3. The van der Waals surface area contributed by atoms with Crippen LogP contribution in [0.1, 0.15) is 28.3 Å². The second-order valence-electron chi connectivity index (χ2n) is 8.40. The van der Waals surface area contributed by atoms with Gasteiger partial charge in [-0.2, -0.15) is 0 Å². The van der Waals surface area contributed by atoms with Crippen LogP contribution in [0, 0.1) is 0 Å². The standard InChI is InChI=1S/C28H24N4O2/c1-2-26(33)32-13-12-21(17-32)25-15-22(14-23-16-29-18-30-27(23)25)19-8-10-20(11-9-19)28(34)31-24-6-4-3-5-7-24/h2-11,14-16,18,21H,1,12-13,17H2,(H,31,34). The van der Waals surface area contributed by atoms with Crippen molar-refractivity contribution in [3.8, 4) is 11.1 Å². The van der Waals surface area contributed by atoms with Crippen LogP contribution in [0.5, 0.6) is 0 Å². The Morgan fingerprint density at radius 2 is 1.82 bits per heavy atom. The molecule has 6 nitrogen and oxygen atoms in total. The van der Waals surface area contributed by atoms with Crippen molar-refractivity contribution in [3.63, 3.8) is 0 Å². The Morgan fingerprint density at radius 1 is 1.03 bits per heavy atom. The van der Waals surface area contributed by atoms with Gasteiger partial charge in [0.2, 0.25) is 5.91 Å². The molecule has 1 atom stereocenters. The van der Waals surface area contributed by atoms with E-state index >= 15 is 0 Å². The fraction of sp³-hybridized carbons (Fsp3) is 0.143. The molecule has 4 aromatic rings.